The predicted octanol–water partition coefficient (Wildman–Crippen LogP) is 1.84. The average Bonchev–Trinajstić information content (AvgIpc) is 2.89. The Balaban J connectivity index is 2.12. The van der Waals surface area contributed by atoms with Crippen LogP contribution in [-0.2, 0) is 0 Å². The van der Waals surface area contributed by atoms with Crippen molar-refractivity contribution < 1.29 is 0 Å². The van der Waals surface area contributed by atoms with E-state index in [0.717, 1.165) is 12.1 Å². The topological polar surface area (TPSA) is 16.1 Å². The van der Waals surface area contributed by atoms with Crippen LogP contribution in [0.3, 0.4) is 0 Å². The highest BCUT2D eigenvalue weighted by Gasteiger charge is 2.22. The fourth-order valence-corrected chi connectivity index (χ4v) is 2.27. The van der Waals surface area contributed by atoms with E-state index < -0.39 is 0 Å². The maximum Gasteiger partial charge on any atom is 0.0442 e. The molecule has 1 saturated heterocycles. The van der Waals surface area contributed by atoms with Crippen molar-refractivity contribution in [3.63, 3.8) is 0 Å². The Morgan fingerprint density at radius 3 is 2.75 bits per heavy atom. The maximum atomic E-state index is 4.98. The molecule has 20 heavy (non-hydrogen) atoms. The summed E-state index contributed by atoms with van der Waals surface area (Å²) < 4.78 is 0. The highest BCUT2D eigenvalue weighted by Crippen LogP contribution is 2.29. The molecule has 0 spiro atoms. The summed E-state index contributed by atoms with van der Waals surface area (Å²) in [6, 6.07) is 2.54. The Kier molecular flexibility index (Phi) is 4.87. The number of rotatable bonds is 1. The van der Waals surface area contributed by atoms with Crippen molar-refractivity contribution in [1.29, 1.82) is 0 Å². The molecule has 0 N–H and O–H groups in total. The highest BCUT2D eigenvalue weighted by molar-refractivity contribution is 5.44. The molecule has 2 heterocycles. The van der Waals surface area contributed by atoms with E-state index in [4.69, 9.17) is 6.42 Å². The van der Waals surface area contributed by atoms with Gasteiger partial charge in [0, 0.05) is 24.0 Å². The summed E-state index contributed by atoms with van der Waals surface area (Å²) in [6.07, 6.45) is 11.1. The second-order valence-electron chi connectivity index (χ2n) is 4.54. The van der Waals surface area contributed by atoms with Gasteiger partial charge >= 0.3 is 0 Å². The minimum atomic E-state index is 0.455. The number of nitrogens with zero attached hydrogens (tertiary/aromatic N) is 2. The van der Waals surface area contributed by atoms with Crippen LogP contribution in [0.25, 0.3) is 0 Å². The van der Waals surface area contributed by atoms with Gasteiger partial charge in [0.15, 0.2) is 0 Å². The quantitative estimate of drug-likeness (QED) is 0.715. The van der Waals surface area contributed by atoms with Gasteiger partial charge < -0.3 is 0 Å². The van der Waals surface area contributed by atoms with Crippen molar-refractivity contribution in [3.05, 3.63) is 29.6 Å². The highest BCUT2D eigenvalue weighted by atomic mass is 15.1. The lowest BCUT2D eigenvalue weighted by atomic mass is 10.1. The number of terminal acetylenes is 1. The molecule has 1 aliphatic heterocycles. The SMILES string of the molecule is C#CC#CC#CC#Cc1cncc(C2CCCN2C)c1. The number of aromatic nitrogens is 1. The van der Waals surface area contributed by atoms with E-state index in [-0.39, 0.29) is 0 Å². The number of likely N-dealkylation sites (tertiary alicyclic amines) is 1. The lowest BCUT2D eigenvalue weighted by Gasteiger charge is -2.19. The van der Waals surface area contributed by atoms with Crippen LogP contribution in [0.15, 0.2) is 18.5 Å². The molecular formula is C18H14N2. The molecule has 0 aromatic carbocycles. The zero-order valence-electron chi connectivity index (χ0n) is 11.4. The Morgan fingerprint density at radius 2 is 2.00 bits per heavy atom. The van der Waals surface area contributed by atoms with Crippen molar-refractivity contribution in [3.8, 4) is 47.9 Å². The zero-order valence-corrected chi connectivity index (χ0v) is 11.4. The van der Waals surface area contributed by atoms with Crippen molar-refractivity contribution >= 4 is 0 Å². The molecule has 96 valence electrons. The van der Waals surface area contributed by atoms with E-state index in [1.54, 1.807) is 6.20 Å². The number of pyridine rings is 1. The first kappa shape index (κ1) is 13.8. The number of hydrogen-bond acceptors (Lipinski definition) is 2. The average molecular weight is 258 g/mol. The van der Waals surface area contributed by atoms with E-state index in [1.165, 1.54) is 18.4 Å². The summed E-state index contributed by atoms with van der Waals surface area (Å²) in [5.74, 6) is 18.1. The van der Waals surface area contributed by atoms with Crippen LogP contribution in [0.2, 0.25) is 0 Å². The monoisotopic (exact) mass is 258 g/mol. The van der Waals surface area contributed by atoms with Gasteiger partial charge in [-0.05, 0) is 73.6 Å². The van der Waals surface area contributed by atoms with Crippen LogP contribution in [0, 0.1) is 47.9 Å². The summed E-state index contributed by atoms with van der Waals surface area (Å²) in [5, 5.41) is 0. The Labute approximate surface area is 120 Å². The molecule has 1 unspecified atom stereocenters. The molecule has 0 radical (unpaired) electrons. The molecular weight excluding hydrogens is 244 g/mol. The minimum Gasteiger partial charge on any atom is -0.299 e. The van der Waals surface area contributed by atoms with E-state index in [2.05, 4.69) is 64.4 Å². The summed E-state index contributed by atoms with van der Waals surface area (Å²) in [6.45, 7) is 1.14. The summed E-state index contributed by atoms with van der Waals surface area (Å²) in [7, 11) is 2.14. The Bertz CT molecular complexity index is 705. The van der Waals surface area contributed by atoms with Gasteiger partial charge in [0.2, 0.25) is 0 Å². The van der Waals surface area contributed by atoms with Crippen molar-refractivity contribution in [1.82, 2.24) is 9.88 Å². The minimum absolute atomic E-state index is 0.455. The third-order valence-electron chi connectivity index (χ3n) is 3.19. The van der Waals surface area contributed by atoms with Crippen molar-refractivity contribution in [2.24, 2.45) is 0 Å². The van der Waals surface area contributed by atoms with E-state index in [9.17, 15) is 0 Å². The molecule has 0 saturated carbocycles. The van der Waals surface area contributed by atoms with Gasteiger partial charge in [0.25, 0.3) is 0 Å². The van der Waals surface area contributed by atoms with Gasteiger partial charge in [-0.25, -0.2) is 0 Å². The number of hydrogen-bond donors (Lipinski definition) is 0. The van der Waals surface area contributed by atoms with Gasteiger partial charge in [0.1, 0.15) is 0 Å². The van der Waals surface area contributed by atoms with Gasteiger partial charge in [-0.2, -0.15) is 0 Å². The van der Waals surface area contributed by atoms with E-state index in [0.29, 0.717) is 6.04 Å². The summed E-state index contributed by atoms with van der Waals surface area (Å²) >= 11 is 0. The molecule has 1 atom stereocenters. The second-order valence-corrected chi connectivity index (χ2v) is 4.54. The van der Waals surface area contributed by atoms with Gasteiger partial charge in [-0.1, -0.05) is 5.92 Å². The fraction of sp³-hybridized carbons (Fsp3) is 0.278. The van der Waals surface area contributed by atoms with E-state index >= 15 is 0 Å². The first-order chi connectivity index (χ1) is 9.81. The van der Waals surface area contributed by atoms with Crippen LogP contribution in [0.5, 0.6) is 0 Å². The van der Waals surface area contributed by atoms with Crippen LogP contribution >= 0.6 is 0 Å². The van der Waals surface area contributed by atoms with Crippen LogP contribution in [0.1, 0.15) is 30.0 Å². The van der Waals surface area contributed by atoms with Crippen molar-refractivity contribution in [2.45, 2.75) is 18.9 Å². The third-order valence-corrected chi connectivity index (χ3v) is 3.19. The molecule has 0 amide bonds. The first-order valence-electron chi connectivity index (χ1n) is 6.43. The molecule has 0 aliphatic carbocycles. The predicted molar refractivity (Wildman–Crippen MR) is 80.1 cm³/mol. The molecule has 2 rings (SSSR count). The molecule has 2 nitrogen and oxygen atoms in total. The molecule has 1 aliphatic rings. The standard InChI is InChI=1S/C18H14N2/c1-3-4-5-6-7-8-10-16-13-17(15-19-14-16)18-11-9-12-20(18)2/h1,13-15,18H,9,11-12H2,2H3. The maximum absolute atomic E-state index is 4.98. The lowest BCUT2D eigenvalue weighted by molar-refractivity contribution is 0.317. The van der Waals surface area contributed by atoms with E-state index in [1.807, 2.05) is 6.20 Å². The molecule has 2 heteroatoms. The zero-order chi connectivity index (χ0) is 14.2. The molecule has 1 aromatic rings. The second kappa shape index (κ2) is 7.07. The van der Waals surface area contributed by atoms with Gasteiger partial charge in [0.05, 0.1) is 0 Å². The fourth-order valence-electron chi connectivity index (χ4n) is 2.27. The van der Waals surface area contributed by atoms with Crippen LogP contribution in [0.4, 0.5) is 0 Å². The molecule has 1 aromatic heterocycles. The Morgan fingerprint density at radius 1 is 1.20 bits per heavy atom. The Hall–Kier alpha value is -2.65. The lowest BCUT2D eigenvalue weighted by Crippen LogP contribution is -2.17. The summed E-state index contributed by atoms with van der Waals surface area (Å²) in [5.41, 5.74) is 2.10. The largest absolute Gasteiger partial charge is 0.299 e. The molecule has 1 fully saturated rings. The van der Waals surface area contributed by atoms with Gasteiger partial charge in [-0.15, -0.1) is 6.42 Å². The van der Waals surface area contributed by atoms with Crippen LogP contribution in [-0.4, -0.2) is 23.5 Å². The summed E-state index contributed by atoms with van der Waals surface area (Å²) in [4.78, 5) is 6.61. The van der Waals surface area contributed by atoms with Gasteiger partial charge in [-0.3, -0.25) is 9.88 Å². The third kappa shape index (κ3) is 3.67. The first-order valence-corrected chi connectivity index (χ1v) is 6.43. The van der Waals surface area contributed by atoms with Crippen LogP contribution < -0.4 is 0 Å². The smallest absolute Gasteiger partial charge is 0.0442 e. The van der Waals surface area contributed by atoms with Crippen molar-refractivity contribution in [2.75, 3.05) is 13.6 Å². The normalized spacial score (nSPS) is 16.7. The molecule has 0 bridgehead atoms.